The molecule has 0 unspecified atom stereocenters. The Kier molecular flexibility index (Phi) is 8.24. The van der Waals surface area contributed by atoms with Crippen molar-refractivity contribution >= 4 is 23.6 Å². The number of nitrogens with zero attached hydrogens (tertiary/aromatic N) is 6. The third-order valence-corrected chi connectivity index (χ3v) is 7.06. The smallest absolute Gasteiger partial charge is 0.378 e. The highest BCUT2D eigenvalue weighted by atomic mass is 19.4. The van der Waals surface area contributed by atoms with Crippen LogP contribution in [-0.2, 0) is 22.6 Å². The summed E-state index contributed by atoms with van der Waals surface area (Å²) < 4.78 is 75.2. The van der Waals surface area contributed by atoms with Crippen molar-refractivity contribution in [2.24, 2.45) is 4.99 Å². The lowest BCUT2D eigenvalue weighted by Gasteiger charge is -2.39. The second-order valence-electron chi connectivity index (χ2n) is 9.72. The van der Waals surface area contributed by atoms with Gasteiger partial charge >= 0.3 is 6.18 Å². The van der Waals surface area contributed by atoms with E-state index in [0.29, 0.717) is 57.8 Å². The minimum absolute atomic E-state index is 0.120. The minimum atomic E-state index is -4.62. The number of carbonyl (C=O) groups is 1. The van der Waals surface area contributed by atoms with E-state index in [1.54, 1.807) is 9.80 Å². The Bertz CT molecular complexity index is 1400. The van der Waals surface area contributed by atoms with E-state index in [1.807, 2.05) is 12.3 Å². The molecule has 0 radical (unpaired) electrons. The number of ether oxygens (including phenoxy) is 1. The van der Waals surface area contributed by atoms with Crippen LogP contribution in [0.1, 0.15) is 18.4 Å². The number of hydrogen-bond acceptors (Lipinski definition) is 8. The van der Waals surface area contributed by atoms with Crippen LogP contribution in [0.15, 0.2) is 46.3 Å². The van der Waals surface area contributed by atoms with Gasteiger partial charge < -0.3 is 19.9 Å². The van der Waals surface area contributed by atoms with E-state index in [2.05, 4.69) is 15.3 Å². The first-order valence-corrected chi connectivity index (χ1v) is 13.1. The number of carbonyl (C=O) groups excluding carboxylic acids is 1. The summed E-state index contributed by atoms with van der Waals surface area (Å²) in [6, 6.07) is 2.04. The molecule has 2 aromatic rings. The molecule has 220 valence electrons. The van der Waals surface area contributed by atoms with Crippen LogP contribution in [0.4, 0.5) is 33.7 Å². The van der Waals surface area contributed by atoms with E-state index in [9.17, 15) is 31.5 Å². The van der Waals surface area contributed by atoms with Crippen LogP contribution in [0.25, 0.3) is 0 Å². The maximum absolute atomic E-state index is 14.2. The Hall–Kier alpha value is -4.01. The first-order valence-electron chi connectivity index (χ1n) is 13.1. The first-order chi connectivity index (χ1) is 19.6. The predicted molar refractivity (Wildman–Crippen MR) is 139 cm³/mol. The van der Waals surface area contributed by atoms with Crippen LogP contribution in [0.2, 0.25) is 0 Å². The Morgan fingerprint density at radius 2 is 1.85 bits per heavy atom. The van der Waals surface area contributed by atoms with Crippen LogP contribution in [0, 0.1) is 11.6 Å². The molecule has 1 aromatic heterocycles. The zero-order valence-electron chi connectivity index (χ0n) is 21.9. The van der Waals surface area contributed by atoms with Crippen molar-refractivity contribution < 1.29 is 31.5 Å². The fraction of sp³-hybridized carbons (Fsp3) is 0.462. The van der Waals surface area contributed by atoms with Gasteiger partial charge in [-0.15, -0.1) is 0 Å². The number of nitrogens with one attached hydrogen (secondary N) is 1. The zero-order chi connectivity index (χ0) is 29.1. The SMILES string of the molecule is O=C1CCN=C2NC=CCN12.O=c1cc(N2CCOCC2)nc2n1CC[C@@H](C(F)(F)F)N2Cc1ccc(F)cc1F. The number of halogens is 5. The Morgan fingerprint density at radius 3 is 2.56 bits per heavy atom. The first kappa shape index (κ1) is 28.5. The molecule has 4 aliphatic rings. The monoisotopic (exact) mass is 581 g/mol. The molecule has 1 N–H and O–H groups in total. The van der Waals surface area contributed by atoms with Gasteiger partial charge in [0.1, 0.15) is 23.5 Å². The Balaban J connectivity index is 0.000000255. The number of morpholine rings is 1. The highest BCUT2D eigenvalue weighted by Crippen LogP contribution is 2.35. The number of benzene rings is 1. The second kappa shape index (κ2) is 11.8. The van der Waals surface area contributed by atoms with Gasteiger partial charge in [-0.1, -0.05) is 6.07 Å². The van der Waals surface area contributed by atoms with Gasteiger partial charge in [0.15, 0.2) is 0 Å². The Labute approximate surface area is 231 Å². The molecule has 5 heterocycles. The molecule has 10 nitrogen and oxygen atoms in total. The summed E-state index contributed by atoms with van der Waals surface area (Å²) in [5, 5.41) is 2.93. The van der Waals surface area contributed by atoms with Gasteiger partial charge in [0.2, 0.25) is 17.8 Å². The van der Waals surface area contributed by atoms with Crippen LogP contribution in [0.3, 0.4) is 0 Å². The van der Waals surface area contributed by atoms with Gasteiger partial charge in [0.05, 0.1) is 19.8 Å². The number of aliphatic imine (C=N–C) groups is 1. The van der Waals surface area contributed by atoms with E-state index in [0.717, 1.165) is 21.6 Å². The lowest BCUT2D eigenvalue weighted by Crippen LogP contribution is -2.52. The molecule has 0 bridgehead atoms. The number of amides is 1. The van der Waals surface area contributed by atoms with Gasteiger partial charge in [-0.3, -0.25) is 24.0 Å². The summed E-state index contributed by atoms with van der Waals surface area (Å²) in [4.78, 5) is 36.6. The van der Waals surface area contributed by atoms with Crippen molar-refractivity contribution in [2.45, 2.75) is 38.1 Å². The molecular weight excluding hydrogens is 553 g/mol. The molecule has 1 saturated heterocycles. The normalized spacial score (nSPS) is 20.4. The topological polar surface area (TPSA) is 95.3 Å². The summed E-state index contributed by atoms with van der Waals surface area (Å²) in [5.41, 5.74) is -0.600. The lowest BCUT2D eigenvalue weighted by molar-refractivity contribution is -0.153. The number of hydrogen-bond donors (Lipinski definition) is 1. The molecule has 0 aliphatic carbocycles. The van der Waals surface area contributed by atoms with Gasteiger partial charge in [-0.2, -0.15) is 18.2 Å². The van der Waals surface area contributed by atoms with E-state index >= 15 is 0 Å². The maximum Gasteiger partial charge on any atom is 0.408 e. The summed E-state index contributed by atoms with van der Waals surface area (Å²) >= 11 is 0. The molecule has 41 heavy (non-hydrogen) atoms. The van der Waals surface area contributed by atoms with Crippen molar-refractivity contribution in [3.63, 3.8) is 0 Å². The molecule has 1 aromatic carbocycles. The zero-order valence-corrected chi connectivity index (χ0v) is 21.9. The molecule has 15 heteroatoms. The summed E-state index contributed by atoms with van der Waals surface area (Å²) in [6.07, 6.45) is -0.735. The van der Waals surface area contributed by atoms with Crippen molar-refractivity contribution in [2.75, 3.05) is 49.2 Å². The number of aromatic nitrogens is 2. The summed E-state index contributed by atoms with van der Waals surface area (Å²) in [7, 11) is 0. The Morgan fingerprint density at radius 1 is 1.07 bits per heavy atom. The third kappa shape index (κ3) is 6.34. The number of fused-ring (bicyclic) bond motifs is 2. The fourth-order valence-electron chi connectivity index (χ4n) is 4.97. The summed E-state index contributed by atoms with van der Waals surface area (Å²) in [6.45, 7) is 2.34. The standard InChI is InChI=1S/C19H19F5N4O2.C7H9N3O/c20-13-2-1-12(14(21)9-13)11-28-15(19(22,23)24)3-4-27-17(29)10-16(25-18(27)28)26-5-7-30-8-6-26;11-6-2-4-9-7-8-3-1-5-10(6)7/h1-2,9-10,15H,3-8,11H2;1,3H,2,4-5H2,(H,8,9)/t15-;/m0./s1. The van der Waals surface area contributed by atoms with E-state index in [4.69, 9.17) is 4.74 Å². The third-order valence-electron chi connectivity index (χ3n) is 7.06. The molecule has 0 spiro atoms. The van der Waals surface area contributed by atoms with Gasteiger partial charge in [0, 0.05) is 63.0 Å². The van der Waals surface area contributed by atoms with E-state index in [-0.39, 0.29) is 36.2 Å². The molecule has 0 saturated carbocycles. The van der Waals surface area contributed by atoms with Crippen LogP contribution in [0.5, 0.6) is 0 Å². The number of guanidine groups is 1. The minimum Gasteiger partial charge on any atom is -0.378 e. The fourth-order valence-corrected chi connectivity index (χ4v) is 4.97. The molecule has 4 aliphatic heterocycles. The van der Waals surface area contributed by atoms with Crippen molar-refractivity contribution in [1.82, 2.24) is 19.8 Å². The molecule has 6 rings (SSSR count). The number of rotatable bonds is 3. The van der Waals surface area contributed by atoms with Crippen LogP contribution in [-0.4, -0.2) is 77.9 Å². The highest BCUT2D eigenvalue weighted by molar-refractivity contribution is 5.99. The largest absolute Gasteiger partial charge is 0.408 e. The maximum atomic E-state index is 14.2. The molecule has 1 amide bonds. The van der Waals surface area contributed by atoms with Gasteiger partial charge in [-0.05, 0) is 18.6 Å². The van der Waals surface area contributed by atoms with Gasteiger partial charge in [0.25, 0.3) is 5.56 Å². The highest BCUT2D eigenvalue weighted by Gasteiger charge is 2.47. The number of alkyl halides is 3. The number of anilines is 2. The molecular formula is C26H28F5N7O3. The summed E-state index contributed by atoms with van der Waals surface area (Å²) in [5.74, 6) is -0.856. The van der Waals surface area contributed by atoms with Crippen molar-refractivity contribution in [1.29, 1.82) is 0 Å². The predicted octanol–water partition coefficient (Wildman–Crippen LogP) is 2.39. The quantitative estimate of drug-likeness (QED) is 0.557. The van der Waals surface area contributed by atoms with Crippen LogP contribution < -0.4 is 20.7 Å². The lowest BCUT2D eigenvalue weighted by atomic mass is 10.1. The average Bonchev–Trinajstić information content (AvgIpc) is 2.95. The van der Waals surface area contributed by atoms with Crippen molar-refractivity contribution in [3.8, 4) is 0 Å². The van der Waals surface area contributed by atoms with E-state index < -0.39 is 36.0 Å². The second-order valence-corrected chi connectivity index (χ2v) is 9.72. The molecule has 1 atom stereocenters. The van der Waals surface area contributed by atoms with Crippen LogP contribution >= 0.6 is 0 Å². The molecule has 1 fully saturated rings. The van der Waals surface area contributed by atoms with Crippen molar-refractivity contribution in [3.05, 3.63) is 64.1 Å². The van der Waals surface area contributed by atoms with E-state index in [1.165, 1.54) is 6.07 Å². The van der Waals surface area contributed by atoms with Gasteiger partial charge in [-0.25, -0.2) is 8.78 Å². The average molecular weight is 582 g/mol.